The van der Waals surface area contributed by atoms with Crippen LogP contribution < -0.4 is 25.3 Å². The first-order valence-electron chi connectivity index (χ1n) is 11.3. The highest BCUT2D eigenvalue weighted by molar-refractivity contribution is 6.30. The SMILES string of the molecule is O=C(Nc1ccc2c(c1)N(CCCOc1ccc(Cl)cc1)C(=O)CO2)c1cc2ccccc2oc1=O. The number of fused-ring (bicyclic) bond motifs is 2. The molecule has 0 saturated heterocycles. The molecule has 0 unspecified atom stereocenters. The number of carbonyl (C=O) groups excluding carboxylic acids is 2. The topological polar surface area (TPSA) is 98.1 Å². The molecule has 182 valence electrons. The second-order valence-corrected chi connectivity index (χ2v) is 8.55. The van der Waals surface area contributed by atoms with Crippen molar-refractivity contribution in [2.24, 2.45) is 0 Å². The van der Waals surface area contributed by atoms with Crippen molar-refractivity contribution in [2.45, 2.75) is 6.42 Å². The number of amides is 2. The molecule has 2 heterocycles. The molecule has 1 aliphatic heterocycles. The fraction of sp³-hybridized carbons (Fsp3) is 0.148. The van der Waals surface area contributed by atoms with Gasteiger partial charge in [0, 0.05) is 22.6 Å². The molecule has 0 atom stereocenters. The summed E-state index contributed by atoms with van der Waals surface area (Å²) in [5.74, 6) is 0.403. The van der Waals surface area contributed by atoms with E-state index >= 15 is 0 Å². The summed E-state index contributed by atoms with van der Waals surface area (Å²) in [4.78, 5) is 39.4. The smallest absolute Gasteiger partial charge is 0.349 e. The first-order chi connectivity index (χ1) is 17.5. The molecule has 0 radical (unpaired) electrons. The summed E-state index contributed by atoms with van der Waals surface area (Å²) in [5.41, 5.74) is 0.493. The van der Waals surface area contributed by atoms with Crippen LogP contribution in [-0.2, 0) is 4.79 Å². The van der Waals surface area contributed by atoms with E-state index in [1.54, 1.807) is 71.6 Å². The van der Waals surface area contributed by atoms with E-state index in [2.05, 4.69) is 5.32 Å². The predicted octanol–water partition coefficient (Wildman–Crippen LogP) is 4.89. The third-order valence-corrected chi connectivity index (χ3v) is 5.91. The first kappa shape index (κ1) is 23.4. The van der Waals surface area contributed by atoms with E-state index in [9.17, 15) is 14.4 Å². The summed E-state index contributed by atoms with van der Waals surface area (Å²) >= 11 is 5.89. The van der Waals surface area contributed by atoms with Crippen LogP contribution in [0, 0.1) is 0 Å². The molecular formula is C27H21ClN2O6. The zero-order valence-corrected chi connectivity index (χ0v) is 19.8. The minimum Gasteiger partial charge on any atom is -0.494 e. The first-order valence-corrected chi connectivity index (χ1v) is 11.7. The molecule has 4 aromatic rings. The molecule has 8 nitrogen and oxygen atoms in total. The van der Waals surface area contributed by atoms with Gasteiger partial charge in [0.15, 0.2) is 6.61 Å². The van der Waals surface area contributed by atoms with Gasteiger partial charge in [0.05, 0.1) is 12.3 Å². The van der Waals surface area contributed by atoms with Crippen molar-refractivity contribution < 1.29 is 23.5 Å². The third kappa shape index (κ3) is 5.04. The number of hydrogen-bond donors (Lipinski definition) is 1. The van der Waals surface area contributed by atoms with E-state index in [0.29, 0.717) is 58.4 Å². The van der Waals surface area contributed by atoms with Gasteiger partial charge in [0.2, 0.25) is 0 Å². The molecule has 0 bridgehead atoms. The van der Waals surface area contributed by atoms with Gasteiger partial charge in [-0.05, 0) is 61.0 Å². The summed E-state index contributed by atoms with van der Waals surface area (Å²) < 4.78 is 16.5. The monoisotopic (exact) mass is 504 g/mol. The Kier molecular flexibility index (Phi) is 6.60. The number of para-hydroxylation sites is 1. The third-order valence-electron chi connectivity index (χ3n) is 5.65. The Morgan fingerprint density at radius 1 is 1.03 bits per heavy atom. The van der Waals surface area contributed by atoms with Gasteiger partial charge in [0.1, 0.15) is 22.6 Å². The largest absolute Gasteiger partial charge is 0.494 e. The van der Waals surface area contributed by atoms with Crippen LogP contribution in [0.3, 0.4) is 0 Å². The van der Waals surface area contributed by atoms with Crippen LogP contribution in [0.5, 0.6) is 11.5 Å². The van der Waals surface area contributed by atoms with Crippen LogP contribution in [0.1, 0.15) is 16.8 Å². The van der Waals surface area contributed by atoms with E-state index in [1.165, 1.54) is 6.07 Å². The van der Waals surface area contributed by atoms with E-state index in [0.717, 1.165) is 0 Å². The molecule has 1 aliphatic rings. The lowest BCUT2D eigenvalue weighted by Crippen LogP contribution is -2.39. The van der Waals surface area contributed by atoms with E-state index in [-0.39, 0.29) is 18.1 Å². The standard InChI is InChI=1S/C27H21ClN2O6/c28-18-6-9-20(10-7-18)34-13-3-12-30-22-15-19(8-11-24(22)35-16-25(30)31)29-26(32)21-14-17-4-1-2-5-23(17)36-27(21)33/h1-2,4-11,14-15H,3,12-13,16H2,(H,29,32). The molecule has 1 N–H and O–H groups in total. The van der Waals surface area contributed by atoms with Gasteiger partial charge >= 0.3 is 5.63 Å². The Balaban J connectivity index is 1.29. The molecule has 2 amide bonds. The van der Waals surface area contributed by atoms with Gasteiger partial charge in [0.25, 0.3) is 11.8 Å². The summed E-state index contributed by atoms with van der Waals surface area (Å²) in [7, 11) is 0. The molecule has 0 saturated carbocycles. The lowest BCUT2D eigenvalue weighted by Gasteiger charge is -2.29. The molecule has 0 spiro atoms. The quantitative estimate of drug-likeness (QED) is 0.284. The second-order valence-electron chi connectivity index (χ2n) is 8.11. The number of nitrogens with zero attached hydrogens (tertiary/aromatic N) is 1. The Labute approximate surface area is 211 Å². The van der Waals surface area contributed by atoms with Crippen molar-refractivity contribution in [3.05, 3.63) is 93.8 Å². The van der Waals surface area contributed by atoms with Gasteiger partial charge < -0.3 is 24.1 Å². The zero-order chi connectivity index (χ0) is 25.1. The molecule has 0 aliphatic carbocycles. The number of anilines is 2. The van der Waals surface area contributed by atoms with Gasteiger partial charge in [-0.25, -0.2) is 4.79 Å². The van der Waals surface area contributed by atoms with Crippen molar-refractivity contribution >= 4 is 45.8 Å². The Morgan fingerprint density at radius 2 is 1.83 bits per heavy atom. The van der Waals surface area contributed by atoms with E-state index in [1.807, 2.05) is 0 Å². The van der Waals surface area contributed by atoms with Crippen LogP contribution in [0.15, 0.2) is 82.0 Å². The second kappa shape index (κ2) is 10.1. The van der Waals surface area contributed by atoms with Crippen LogP contribution in [0.4, 0.5) is 11.4 Å². The summed E-state index contributed by atoms with van der Waals surface area (Å²) in [5, 5.41) is 3.98. The lowest BCUT2D eigenvalue weighted by molar-refractivity contribution is -0.121. The van der Waals surface area contributed by atoms with Gasteiger partial charge in [-0.15, -0.1) is 0 Å². The molecule has 9 heteroatoms. The number of ether oxygens (including phenoxy) is 2. The van der Waals surface area contributed by atoms with Crippen LogP contribution in [-0.4, -0.2) is 31.6 Å². The normalized spacial score (nSPS) is 12.7. The van der Waals surface area contributed by atoms with Crippen molar-refractivity contribution in [1.29, 1.82) is 0 Å². The summed E-state index contributed by atoms with van der Waals surface area (Å²) in [6.45, 7) is 0.721. The van der Waals surface area contributed by atoms with E-state index < -0.39 is 11.5 Å². The van der Waals surface area contributed by atoms with Crippen molar-refractivity contribution in [3.63, 3.8) is 0 Å². The maximum Gasteiger partial charge on any atom is 0.349 e. The average Bonchev–Trinajstić information content (AvgIpc) is 2.88. The number of hydrogen-bond acceptors (Lipinski definition) is 6. The van der Waals surface area contributed by atoms with Crippen LogP contribution >= 0.6 is 11.6 Å². The fourth-order valence-corrected chi connectivity index (χ4v) is 4.01. The Morgan fingerprint density at radius 3 is 2.67 bits per heavy atom. The number of carbonyl (C=O) groups is 2. The fourth-order valence-electron chi connectivity index (χ4n) is 3.89. The van der Waals surface area contributed by atoms with Gasteiger partial charge in [-0.3, -0.25) is 9.59 Å². The number of nitrogens with one attached hydrogen (secondary N) is 1. The summed E-state index contributed by atoms with van der Waals surface area (Å²) in [6.07, 6.45) is 0.572. The Hall–Kier alpha value is -4.30. The van der Waals surface area contributed by atoms with Crippen molar-refractivity contribution in [1.82, 2.24) is 0 Å². The van der Waals surface area contributed by atoms with Gasteiger partial charge in [-0.2, -0.15) is 0 Å². The van der Waals surface area contributed by atoms with Crippen LogP contribution in [0.2, 0.25) is 5.02 Å². The molecular weight excluding hydrogens is 484 g/mol. The lowest BCUT2D eigenvalue weighted by atomic mass is 10.1. The highest BCUT2D eigenvalue weighted by Crippen LogP contribution is 2.35. The zero-order valence-electron chi connectivity index (χ0n) is 19.0. The van der Waals surface area contributed by atoms with Gasteiger partial charge in [-0.1, -0.05) is 29.8 Å². The van der Waals surface area contributed by atoms with Crippen molar-refractivity contribution in [2.75, 3.05) is 30.0 Å². The van der Waals surface area contributed by atoms with Crippen LogP contribution in [0.25, 0.3) is 11.0 Å². The minimum atomic E-state index is -0.731. The molecule has 36 heavy (non-hydrogen) atoms. The average molecular weight is 505 g/mol. The molecule has 0 fully saturated rings. The molecule has 5 rings (SSSR count). The number of rotatable bonds is 7. The number of benzene rings is 3. The predicted molar refractivity (Wildman–Crippen MR) is 136 cm³/mol. The summed E-state index contributed by atoms with van der Waals surface area (Å²) in [6, 6.07) is 20.5. The maximum atomic E-state index is 12.9. The minimum absolute atomic E-state index is 0.0745. The number of halogens is 1. The van der Waals surface area contributed by atoms with Crippen molar-refractivity contribution in [3.8, 4) is 11.5 Å². The maximum absolute atomic E-state index is 12.9. The highest BCUT2D eigenvalue weighted by atomic mass is 35.5. The van der Waals surface area contributed by atoms with E-state index in [4.69, 9.17) is 25.5 Å². The Bertz CT molecular complexity index is 1500. The highest BCUT2D eigenvalue weighted by Gasteiger charge is 2.26. The molecule has 1 aromatic heterocycles. The molecule has 3 aromatic carbocycles.